The number of hydrogen-bond acceptors (Lipinski definition) is 4. The van der Waals surface area contributed by atoms with Crippen LogP contribution < -0.4 is 5.32 Å². The van der Waals surface area contributed by atoms with E-state index in [1.807, 2.05) is 31.2 Å². The lowest BCUT2D eigenvalue weighted by molar-refractivity contribution is 0.0602. The molecule has 0 saturated heterocycles. The van der Waals surface area contributed by atoms with Crippen molar-refractivity contribution in [2.75, 3.05) is 12.4 Å². The highest BCUT2D eigenvalue weighted by Gasteiger charge is 2.15. The van der Waals surface area contributed by atoms with Crippen LogP contribution in [-0.2, 0) is 4.74 Å². The third-order valence-electron chi connectivity index (χ3n) is 3.11. The Balaban J connectivity index is 2.26. The number of phenolic OH excluding ortho intramolecular Hbond substituents is 1. The average Bonchev–Trinajstić information content (AvgIpc) is 2.47. The van der Waals surface area contributed by atoms with E-state index in [0.29, 0.717) is 11.3 Å². The van der Waals surface area contributed by atoms with Gasteiger partial charge in [-0.2, -0.15) is 0 Å². The molecule has 2 aromatic carbocycles. The van der Waals surface area contributed by atoms with Crippen LogP contribution in [0, 0.1) is 0 Å². The summed E-state index contributed by atoms with van der Waals surface area (Å²) in [7, 11) is 1.35. The largest absolute Gasteiger partial charge is 0.508 e. The SMILES string of the molecule is COC(=O)c1ccccc1NC(C)c1ccccc1O. The molecule has 0 bridgehead atoms. The second-order valence-corrected chi connectivity index (χ2v) is 4.46. The lowest BCUT2D eigenvalue weighted by Crippen LogP contribution is -2.11. The molecule has 0 amide bonds. The molecule has 2 rings (SSSR count). The summed E-state index contributed by atoms with van der Waals surface area (Å²) in [4.78, 5) is 11.7. The minimum atomic E-state index is -0.391. The number of ether oxygens (including phenoxy) is 1. The van der Waals surface area contributed by atoms with Crippen molar-refractivity contribution in [1.82, 2.24) is 0 Å². The van der Waals surface area contributed by atoms with Crippen molar-refractivity contribution in [3.63, 3.8) is 0 Å². The fourth-order valence-electron chi connectivity index (χ4n) is 2.06. The highest BCUT2D eigenvalue weighted by atomic mass is 16.5. The third-order valence-corrected chi connectivity index (χ3v) is 3.11. The predicted octanol–water partition coefficient (Wildman–Crippen LogP) is 3.35. The van der Waals surface area contributed by atoms with Crippen molar-refractivity contribution in [2.45, 2.75) is 13.0 Å². The van der Waals surface area contributed by atoms with Crippen molar-refractivity contribution in [3.05, 3.63) is 59.7 Å². The first-order valence-corrected chi connectivity index (χ1v) is 6.35. The molecule has 1 atom stereocenters. The summed E-state index contributed by atoms with van der Waals surface area (Å²) in [6, 6.07) is 14.1. The molecule has 20 heavy (non-hydrogen) atoms. The molecule has 1 unspecified atom stereocenters. The standard InChI is InChI=1S/C16H17NO3/c1-11(12-7-4-6-10-15(12)18)17-14-9-5-3-8-13(14)16(19)20-2/h3-11,17-18H,1-2H3. The van der Waals surface area contributed by atoms with Gasteiger partial charge in [-0.25, -0.2) is 4.79 Å². The van der Waals surface area contributed by atoms with E-state index in [1.165, 1.54) is 7.11 Å². The van der Waals surface area contributed by atoms with Gasteiger partial charge in [0.05, 0.1) is 18.7 Å². The Hall–Kier alpha value is -2.49. The fraction of sp³-hybridized carbons (Fsp3) is 0.188. The number of anilines is 1. The molecule has 0 fully saturated rings. The number of carbonyl (C=O) groups is 1. The van der Waals surface area contributed by atoms with Crippen LogP contribution in [0.2, 0.25) is 0 Å². The first-order valence-electron chi connectivity index (χ1n) is 6.35. The van der Waals surface area contributed by atoms with Gasteiger partial charge in [0.15, 0.2) is 0 Å². The molecule has 0 saturated carbocycles. The van der Waals surface area contributed by atoms with Gasteiger partial charge in [0.1, 0.15) is 5.75 Å². The van der Waals surface area contributed by atoms with Gasteiger partial charge in [-0.3, -0.25) is 0 Å². The molecule has 0 aromatic heterocycles. The van der Waals surface area contributed by atoms with Crippen molar-refractivity contribution >= 4 is 11.7 Å². The van der Waals surface area contributed by atoms with Crippen LogP contribution >= 0.6 is 0 Å². The highest BCUT2D eigenvalue weighted by Crippen LogP contribution is 2.28. The molecule has 0 spiro atoms. The highest BCUT2D eigenvalue weighted by molar-refractivity contribution is 5.95. The number of phenols is 1. The zero-order valence-corrected chi connectivity index (χ0v) is 11.5. The van der Waals surface area contributed by atoms with Gasteiger partial charge in [0.2, 0.25) is 0 Å². The molecule has 0 aliphatic rings. The van der Waals surface area contributed by atoms with E-state index < -0.39 is 5.97 Å². The molecule has 2 N–H and O–H groups in total. The molecule has 0 radical (unpaired) electrons. The van der Waals surface area contributed by atoms with Crippen molar-refractivity contribution < 1.29 is 14.6 Å². The van der Waals surface area contributed by atoms with Crippen LogP contribution in [0.25, 0.3) is 0 Å². The lowest BCUT2D eigenvalue weighted by atomic mass is 10.1. The molecular weight excluding hydrogens is 254 g/mol. The maximum absolute atomic E-state index is 11.7. The van der Waals surface area contributed by atoms with Gasteiger partial charge >= 0.3 is 5.97 Å². The maximum atomic E-state index is 11.7. The fourth-order valence-corrected chi connectivity index (χ4v) is 2.06. The van der Waals surface area contributed by atoms with Crippen LogP contribution in [0.4, 0.5) is 5.69 Å². The molecular formula is C16H17NO3. The van der Waals surface area contributed by atoms with Gasteiger partial charge in [-0.05, 0) is 25.1 Å². The van der Waals surface area contributed by atoms with Gasteiger partial charge in [0, 0.05) is 11.3 Å². The van der Waals surface area contributed by atoms with Crippen LogP contribution in [0.3, 0.4) is 0 Å². The predicted molar refractivity (Wildman–Crippen MR) is 77.9 cm³/mol. The second kappa shape index (κ2) is 6.10. The summed E-state index contributed by atoms with van der Waals surface area (Å²) in [5.41, 5.74) is 1.92. The number of rotatable bonds is 4. The van der Waals surface area contributed by atoms with Gasteiger partial charge < -0.3 is 15.2 Å². The Kier molecular flexibility index (Phi) is 4.25. The van der Waals surface area contributed by atoms with Crippen molar-refractivity contribution in [3.8, 4) is 5.75 Å². The summed E-state index contributed by atoms with van der Waals surface area (Å²) < 4.78 is 4.76. The number of para-hydroxylation sites is 2. The summed E-state index contributed by atoms with van der Waals surface area (Å²) in [5.74, 6) is -0.166. The van der Waals surface area contributed by atoms with Gasteiger partial charge in [-0.1, -0.05) is 30.3 Å². The molecule has 4 nitrogen and oxygen atoms in total. The normalized spacial score (nSPS) is 11.7. The van der Waals surface area contributed by atoms with Gasteiger partial charge in [0.25, 0.3) is 0 Å². The molecule has 0 aliphatic heterocycles. The van der Waals surface area contributed by atoms with E-state index in [2.05, 4.69) is 5.32 Å². The summed E-state index contributed by atoms with van der Waals surface area (Å²) in [5, 5.41) is 13.1. The minimum Gasteiger partial charge on any atom is -0.508 e. The van der Waals surface area contributed by atoms with Crippen LogP contribution in [0.5, 0.6) is 5.75 Å². The van der Waals surface area contributed by atoms with E-state index in [9.17, 15) is 9.90 Å². The van der Waals surface area contributed by atoms with E-state index >= 15 is 0 Å². The zero-order chi connectivity index (χ0) is 14.5. The van der Waals surface area contributed by atoms with Crippen molar-refractivity contribution in [2.24, 2.45) is 0 Å². The monoisotopic (exact) mass is 271 g/mol. The topological polar surface area (TPSA) is 58.6 Å². The Bertz CT molecular complexity index is 610. The maximum Gasteiger partial charge on any atom is 0.339 e. The summed E-state index contributed by atoms with van der Waals surface area (Å²) >= 11 is 0. The molecule has 0 aliphatic carbocycles. The van der Waals surface area contributed by atoms with Crippen molar-refractivity contribution in [1.29, 1.82) is 0 Å². The Morgan fingerprint density at radius 2 is 1.80 bits per heavy atom. The van der Waals surface area contributed by atoms with Crippen LogP contribution in [-0.4, -0.2) is 18.2 Å². The second-order valence-electron chi connectivity index (χ2n) is 4.46. The Morgan fingerprint density at radius 1 is 1.15 bits per heavy atom. The smallest absolute Gasteiger partial charge is 0.339 e. The summed E-state index contributed by atoms with van der Waals surface area (Å²) in [6.45, 7) is 1.92. The molecule has 4 heteroatoms. The number of aromatic hydroxyl groups is 1. The number of esters is 1. The van der Waals surface area contributed by atoms with E-state index in [1.54, 1.807) is 24.3 Å². The third kappa shape index (κ3) is 2.91. The number of benzene rings is 2. The zero-order valence-electron chi connectivity index (χ0n) is 11.5. The van der Waals surface area contributed by atoms with Crippen LogP contribution in [0.15, 0.2) is 48.5 Å². The first-order chi connectivity index (χ1) is 9.63. The van der Waals surface area contributed by atoms with E-state index in [4.69, 9.17) is 4.74 Å². The Morgan fingerprint density at radius 3 is 2.50 bits per heavy atom. The number of methoxy groups -OCH3 is 1. The number of carbonyl (C=O) groups excluding carboxylic acids is 1. The minimum absolute atomic E-state index is 0.137. The van der Waals surface area contributed by atoms with E-state index in [-0.39, 0.29) is 11.8 Å². The summed E-state index contributed by atoms with van der Waals surface area (Å²) in [6.07, 6.45) is 0. The lowest BCUT2D eigenvalue weighted by Gasteiger charge is -2.18. The Labute approximate surface area is 118 Å². The first kappa shape index (κ1) is 13.9. The average molecular weight is 271 g/mol. The number of hydrogen-bond donors (Lipinski definition) is 2. The quantitative estimate of drug-likeness (QED) is 0.837. The molecule has 2 aromatic rings. The van der Waals surface area contributed by atoms with E-state index in [0.717, 1.165) is 5.56 Å². The molecule has 104 valence electrons. The molecule has 0 heterocycles. The number of nitrogens with one attached hydrogen (secondary N) is 1. The van der Waals surface area contributed by atoms with Crippen LogP contribution in [0.1, 0.15) is 28.9 Å². The van der Waals surface area contributed by atoms with Gasteiger partial charge in [-0.15, -0.1) is 0 Å².